The molecule has 0 aromatic heterocycles. The van der Waals surface area contributed by atoms with Crippen LogP contribution in [0.25, 0.3) is 0 Å². The summed E-state index contributed by atoms with van der Waals surface area (Å²) in [7, 11) is 0. The molecule has 0 aliphatic rings. The maximum Gasteiger partial charge on any atom is 0.0511 e. The lowest BCUT2D eigenvalue weighted by atomic mass is 10.0. The minimum absolute atomic E-state index is 0.887. The quantitative estimate of drug-likeness (QED) is 0.597. The Morgan fingerprint density at radius 2 is 1.82 bits per heavy atom. The number of aryl methyl sites for hydroxylation is 1. The van der Waals surface area contributed by atoms with Gasteiger partial charge in [0.05, 0.1) is 5.69 Å². The van der Waals surface area contributed by atoms with E-state index in [0.29, 0.717) is 0 Å². The van der Waals surface area contributed by atoms with Crippen molar-refractivity contribution in [1.82, 2.24) is 0 Å². The van der Waals surface area contributed by atoms with Crippen LogP contribution >= 0.6 is 0 Å². The predicted octanol–water partition coefficient (Wildman–Crippen LogP) is 3.56. The SMILES string of the molecule is C#Cc1cc(NCCCCC)c(C#C)cc1C. The van der Waals surface area contributed by atoms with E-state index < -0.39 is 0 Å². The summed E-state index contributed by atoms with van der Waals surface area (Å²) in [6, 6.07) is 3.94. The van der Waals surface area contributed by atoms with Crippen LogP contribution in [0.15, 0.2) is 12.1 Å². The van der Waals surface area contributed by atoms with Gasteiger partial charge in [0.1, 0.15) is 0 Å². The Morgan fingerprint density at radius 1 is 1.12 bits per heavy atom. The molecule has 1 aromatic carbocycles. The first-order valence-electron chi connectivity index (χ1n) is 6.04. The molecule has 1 heteroatoms. The first-order valence-corrected chi connectivity index (χ1v) is 6.04. The molecule has 0 unspecified atom stereocenters. The minimum atomic E-state index is 0.887. The Hall–Kier alpha value is -1.86. The Bertz CT molecular complexity index is 458. The monoisotopic (exact) mass is 225 g/mol. The van der Waals surface area contributed by atoms with Crippen molar-refractivity contribution < 1.29 is 0 Å². The smallest absolute Gasteiger partial charge is 0.0511 e. The zero-order valence-electron chi connectivity index (χ0n) is 10.6. The highest BCUT2D eigenvalue weighted by atomic mass is 14.9. The molecule has 0 saturated carbocycles. The molecule has 88 valence electrons. The van der Waals surface area contributed by atoms with E-state index in [0.717, 1.165) is 35.3 Å². The van der Waals surface area contributed by atoms with Crippen molar-refractivity contribution in [3.05, 3.63) is 28.8 Å². The summed E-state index contributed by atoms with van der Waals surface area (Å²) >= 11 is 0. The normalized spacial score (nSPS) is 9.41. The summed E-state index contributed by atoms with van der Waals surface area (Å²) in [5.74, 6) is 5.38. The predicted molar refractivity (Wildman–Crippen MR) is 75.1 cm³/mol. The van der Waals surface area contributed by atoms with Gasteiger partial charge in [-0.05, 0) is 31.0 Å². The van der Waals surface area contributed by atoms with E-state index >= 15 is 0 Å². The summed E-state index contributed by atoms with van der Waals surface area (Å²) < 4.78 is 0. The fraction of sp³-hybridized carbons (Fsp3) is 0.375. The van der Waals surface area contributed by atoms with E-state index in [-0.39, 0.29) is 0 Å². The lowest BCUT2D eigenvalue weighted by Crippen LogP contribution is -2.04. The molecule has 0 fully saturated rings. The molecular formula is C16H19N. The number of hydrogen-bond donors (Lipinski definition) is 1. The molecule has 0 saturated heterocycles. The molecule has 17 heavy (non-hydrogen) atoms. The van der Waals surface area contributed by atoms with Crippen LogP contribution in [0.3, 0.4) is 0 Å². The van der Waals surface area contributed by atoms with E-state index in [4.69, 9.17) is 12.8 Å². The van der Waals surface area contributed by atoms with E-state index in [9.17, 15) is 0 Å². The van der Waals surface area contributed by atoms with Crippen LogP contribution in [0.4, 0.5) is 5.69 Å². The second kappa shape index (κ2) is 6.66. The fourth-order valence-electron chi connectivity index (χ4n) is 1.73. The van der Waals surface area contributed by atoms with Gasteiger partial charge in [-0.1, -0.05) is 31.6 Å². The first-order chi connectivity index (χ1) is 8.22. The molecule has 1 aromatic rings. The Labute approximate surface area is 105 Å². The van der Waals surface area contributed by atoms with Gasteiger partial charge in [-0.3, -0.25) is 0 Å². The molecule has 1 rings (SSSR count). The van der Waals surface area contributed by atoms with Crippen LogP contribution in [-0.4, -0.2) is 6.54 Å². The third kappa shape index (κ3) is 3.58. The van der Waals surface area contributed by atoms with Gasteiger partial charge in [0, 0.05) is 17.7 Å². The maximum absolute atomic E-state index is 5.50. The maximum atomic E-state index is 5.50. The van der Waals surface area contributed by atoms with Crippen molar-refractivity contribution in [2.75, 3.05) is 11.9 Å². The Balaban J connectivity index is 2.83. The Kier molecular flexibility index (Phi) is 5.18. The summed E-state index contributed by atoms with van der Waals surface area (Å²) in [6.07, 6.45) is 14.6. The number of hydrogen-bond acceptors (Lipinski definition) is 1. The van der Waals surface area contributed by atoms with Crippen LogP contribution in [0.5, 0.6) is 0 Å². The van der Waals surface area contributed by atoms with Crippen molar-refractivity contribution in [3.63, 3.8) is 0 Å². The average molecular weight is 225 g/mol. The van der Waals surface area contributed by atoms with Gasteiger partial charge in [-0.15, -0.1) is 12.8 Å². The second-order valence-electron chi connectivity index (χ2n) is 4.14. The summed E-state index contributed by atoms with van der Waals surface area (Å²) in [5.41, 5.74) is 3.82. The molecule has 0 bridgehead atoms. The van der Waals surface area contributed by atoms with Gasteiger partial charge in [-0.25, -0.2) is 0 Å². The first kappa shape index (κ1) is 13.2. The molecule has 1 N–H and O–H groups in total. The van der Waals surface area contributed by atoms with Crippen LogP contribution < -0.4 is 5.32 Å². The molecule has 0 heterocycles. The van der Waals surface area contributed by atoms with Gasteiger partial charge >= 0.3 is 0 Å². The van der Waals surface area contributed by atoms with Crippen molar-refractivity contribution in [2.24, 2.45) is 0 Å². The number of nitrogens with one attached hydrogen (secondary N) is 1. The zero-order chi connectivity index (χ0) is 12.7. The highest BCUT2D eigenvalue weighted by Crippen LogP contribution is 2.20. The lowest BCUT2D eigenvalue weighted by Gasteiger charge is -2.11. The van der Waals surface area contributed by atoms with E-state index in [1.807, 2.05) is 19.1 Å². The molecule has 0 aliphatic carbocycles. The van der Waals surface area contributed by atoms with Crippen LogP contribution in [0, 0.1) is 31.6 Å². The van der Waals surface area contributed by atoms with Crippen molar-refractivity contribution in [2.45, 2.75) is 33.1 Å². The van der Waals surface area contributed by atoms with Gasteiger partial charge in [0.2, 0.25) is 0 Å². The molecule has 0 aliphatic heterocycles. The highest BCUT2D eigenvalue weighted by molar-refractivity contribution is 5.64. The molecule has 1 nitrogen and oxygen atoms in total. The number of rotatable bonds is 5. The van der Waals surface area contributed by atoms with Crippen LogP contribution in [0.1, 0.15) is 42.9 Å². The Morgan fingerprint density at radius 3 is 2.41 bits per heavy atom. The van der Waals surface area contributed by atoms with Crippen LogP contribution in [-0.2, 0) is 0 Å². The van der Waals surface area contributed by atoms with E-state index in [1.165, 1.54) is 12.8 Å². The van der Waals surface area contributed by atoms with E-state index in [1.54, 1.807) is 0 Å². The third-order valence-corrected chi connectivity index (χ3v) is 2.77. The van der Waals surface area contributed by atoms with Gasteiger partial charge in [0.15, 0.2) is 0 Å². The zero-order valence-corrected chi connectivity index (χ0v) is 10.6. The third-order valence-electron chi connectivity index (χ3n) is 2.77. The summed E-state index contributed by atoms with van der Waals surface area (Å²) in [4.78, 5) is 0. The number of benzene rings is 1. The summed E-state index contributed by atoms with van der Waals surface area (Å²) in [6.45, 7) is 5.11. The molecular weight excluding hydrogens is 206 g/mol. The summed E-state index contributed by atoms with van der Waals surface area (Å²) in [5, 5.41) is 3.36. The second-order valence-corrected chi connectivity index (χ2v) is 4.14. The minimum Gasteiger partial charge on any atom is -0.384 e. The molecule has 0 radical (unpaired) electrons. The van der Waals surface area contributed by atoms with Crippen molar-refractivity contribution in [1.29, 1.82) is 0 Å². The fourth-order valence-corrected chi connectivity index (χ4v) is 1.73. The number of terminal acetylenes is 2. The van der Waals surface area contributed by atoms with Crippen LogP contribution in [0.2, 0.25) is 0 Å². The van der Waals surface area contributed by atoms with Crippen molar-refractivity contribution >= 4 is 5.69 Å². The number of anilines is 1. The molecule has 0 amide bonds. The van der Waals surface area contributed by atoms with Gasteiger partial charge in [0.25, 0.3) is 0 Å². The molecule has 0 atom stereocenters. The number of unbranched alkanes of at least 4 members (excludes halogenated alkanes) is 2. The average Bonchev–Trinajstić information content (AvgIpc) is 2.35. The van der Waals surface area contributed by atoms with Gasteiger partial charge in [-0.2, -0.15) is 0 Å². The van der Waals surface area contributed by atoms with Gasteiger partial charge < -0.3 is 5.32 Å². The lowest BCUT2D eigenvalue weighted by molar-refractivity contribution is 0.743. The largest absolute Gasteiger partial charge is 0.384 e. The molecule has 0 spiro atoms. The topological polar surface area (TPSA) is 12.0 Å². The highest BCUT2D eigenvalue weighted by Gasteiger charge is 2.04. The van der Waals surface area contributed by atoms with E-state index in [2.05, 4.69) is 24.1 Å². The standard InChI is InChI=1S/C16H19N/c1-5-8-9-10-17-16-12-14(6-2)13(4)11-15(16)7-3/h2-3,11-12,17H,5,8-10H2,1,4H3. The van der Waals surface area contributed by atoms with Crippen molar-refractivity contribution in [3.8, 4) is 24.7 Å².